The number of sulfone groups is 1. The number of hydrogen-bond acceptors (Lipinski definition) is 4. The van der Waals surface area contributed by atoms with Crippen molar-refractivity contribution in [1.82, 2.24) is 4.31 Å². The molecule has 1 aliphatic heterocycles. The second-order valence-electron chi connectivity index (χ2n) is 7.78. The van der Waals surface area contributed by atoms with Gasteiger partial charge in [-0.2, -0.15) is 4.31 Å². The third-order valence-corrected chi connectivity index (χ3v) is 10.3. The predicted octanol–water partition coefficient (Wildman–Crippen LogP) is 5.43. The fourth-order valence-corrected chi connectivity index (χ4v) is 7.62. The molecule has 0 amide bonds. The van der Waals surface area contributed by atoms with Gasteiger partial charge >= 0.3 is 0 Å². The Labute approximate surface area is 202 Å². The van der Waals surface area contributed by atoms with Crippen molar-refractivity contribution in [3.63, 3.8) is 0 Å². The van der Waals surface area contributed by atoms with Crippen LogP contribution in [0.3, 0.4) is 0 Å². The highest BCUT2D eigenvalue weighted by atomic mass is 35.5. The van der Waals surface area contributed by atoms with Crippen molar-refractivity contribution in [3.8, 4) is 11.1 Å². The van der Waals surface area contributed by atoms with Gasteiger partial charge in [0.1, 0.15) is 5.82 Å². The van der Waals surface area contributed by atoms with Crippen molar-refractivity contribution in [2.45, 2.75) is 27.9 Å². The number of halogens is 3. The normalized spacial score (nSPS) is 16.1. The molecule has 33 heavy (non-hydrogen) atoms. The molecule has 0 spiro atoms. The fraction of sp³-hybridized carbons (Fsp3) is 0.217. The summed E-state index contributed by atoms with van der Waals surface area (Å²) in [5, 5.41) is 0.240. The average Bonchev–Trinajstić information content (AvgIpc) is 2.79. The largest absolute Gasteiger partial charge is 0.243 e. The van der Waals surface area contributed by atoms with E-state index in [0.29, 0.717) is 10.0 Å². The molecule has 0 N–H and O–H groups in total. The zero-order chi connectivity index (χ0) is 23.8. The molecule has 1 fully saturated rings. The SMILES string of the molecule is O=S(=O)(c1ccc(F)cc1)C1CCN(S(=O)(=O)c2ccc(-c3cc(Cl)cc(Cl)c3)cc2)CC1. The lowest BCUT2D eigenvalue weighted by atomic mass is 10.1. The fourth-order valence-electron chi connectivity index (χ4n) is 3.89. The Kier molecular flexibility index (Phi) is 6.85. The van der Waals surface area contributed by atoms with E-state index in [0.717, 1.165) is 23.3 Å². The maximum atomic E-state index is 13.1. The summed E-state index contributed by atoms with van der Waals surface area (Å²) in [4.78, 5) is 0.168. The Hall–Kier alpha value is -1.97. The molecular formula is C23H20Cl2FNO4S2. The van der Waals surface area contributed by atoms with Crippen molar-refractivity contribution in [1.29, 1.82) is 0 Å². The summed E-state index contributed by atoms with van der Waals surface area (Å²) in [6.45, 7) is 0.165. The number of nitrogens with zero attached hydrogens (tertiary/aromatic N) is 1. The molecule has 0 saturated carbocycles. The first kappa shape index (κ1) is 24.2. The van der Waals surface area contributed by atoms with Crippen LogP contribution in [-0.4, -0.2) is 39.5 Å². The van der Waals surface area contributed by atoms with Crippen LogP contribution in [0.4, 0.5) is 4.39 Å². The summed E-state index contributed by atoms with van der Waals surface area (Å²) in [5.41, 5.74) is 1.53. The topological polar surface area (TPSA) is 71.5 Å². The standard InChI is InChI=1S/C23H20Cl2FNO4S2/c24-18-13-17(14-19(25)15-18)16-1-5-23(6-2-16)33(30,31)27-11-9-22(10-12-27)32(28,29)21-7-3-20(26)4-8-21/h1-8,13-15,22H,9-12H2. The molecule has 1 aliphatic rings. The van der Waals surface area contributed by atoms with Crippen LogP contribution in [0.2, 0.25) is 10.0 Å². The minimum absolute atomic E-state index is 0.0434. The van der Waals surface area contributed by atoms with Gasteiger partial charge < -0.3 is 0 Å². The van der Waals surface area contributed by atoms with Gasteiger partial charge in [0, 0.05) is 23.1 Å². The molecule has 1 heterocycles. The predicted molar refractivity (Wildman–Crippen MR) is 127 cm³/mol. The van der Waals surface area contributed by atoms with Gasteiger partial charge in [-0.05, 0) is 78.6 Å². The molecule has 3 aromatic rings. The third-order valence-electron chi connectivity index (χ3n) is 5.67. The Morgan fingerprint density at radius 3 is 1.79 bits per heavy atom. The highest BCUT2D eigenvalue weighted by Crippen LogP contribution is 2.30. The molecular weight excluding hydrogens is 508 g/mol. The zero-order valence-electron chi connectivity index (χ0n) is 17.3. The van der Waals surface area contributed by atoms with E-state index in [4.69, 9.17) is 23.2 Å². The van der Waals surface area contributed by atoms with E-state index in [1.807, 2.05) is 0 Å². The molecule has 5 nitrogen and oxygen atoms in total. The van der Waals surface area contributed by atoms with Gasteiger partial charge in [-0.15, -0.1) is 0 Å². The highest BCUT2D eigenvalue weighted by molar-refractivity contribution is 7.92. The number of piperidine rings is 1. The molecule has 0 radical (unpaired) electrons. The molecule has 1 saturated heterocycles. The Morgan fingerprint density at radius 1 is 0.727 bits per heavy atom. The summed E-state index contributed by atoms with van der Waals surface area (Å²) in [6.07, 6.45) is 0.329. The van der Waals surface area contributed by atoms with Crippen molar-refractivity contribution >= 4 is 43.1 Å². The summed E-state index contributed by atoms with van der Waals surface area (Å²) in [5.74, 6) is -0.514. The molecule has 174 valence electrons. The lowest BCUT2D eigenvalue weighted by molar-refractivity contribution is 0.345. The molecule has 4 rings (SSSR count). The molecule has 0 aliphatic carbocycles. The van der Waals surface area contributed by atoms with Gasteiger partial charge in [0.25, 0.3) is 0 Å². The van der Waals surface area contributed by atoms with E-state index in [-0.39, 0.29) is 35.7 Å². The first-order valence-electron chi connectivity index (χ1n) is 10.1. The Balaban J connectivity index is 1.48. The molecule has 0 bridgehead atoms. The quantitative estimate of drug-likeness (QED) is 0.415. The zero-order valence-corrected chi connectivity index (χ0v) is 20.4. The Morgan fingerprint density at radius 2 is 1.24 bits per heavy atom. The molecule has 0 aromatic heterocycles. The summed E-state index contributed by atoms with van der Waals surface area (Å²) < 4.78 is 66.3. The summed E-state index contributed by atoms with van der Waals surface area (Å²) in [7, 11) is -7.45. The van der Waals surface area contributed by atoms with Crippen LogP contribution in [0.1, 0.15) is 12.8 Å². The van der Waals surface area contributed by atoms with Crippen LogP contribution in [0.25, 0.3) is 11.1 Å². The van der Waals surface area contributed by atoms with Gasteiger partial charge in [0.15, 0.2) is 9.84 Å². The second-order valence-corrected chi connectivity index (χ2v) is 12.8. The van der Waals surface area contributed by atoms with Crippen LogP contribution >= 0.6 is 23.2 Å². The van der Waals surface area contributed by atoms with Gasteiger partial charge in [0.2, 0.25) is 10.0 Å². The van der Waals surface area contributed by atoms with E-state index in [9.17, 15) is 21.2 Å². The maximum absolute atomic E-state index is 13.1. The second kappa shape index (κ2) is 9.35. The number of rotatable bonds is 5. The smallest absolute Gasteiger partial charge is 0.223 e. The van der Waals surface area contributed by atoms with Crippen molar-refractivity contribution in [3.05, 3.63) is 82.6 Å². The monoisotopic (exact) mass is 527 g/mol. The minimum atomic E-state index is -3.78. The van der Waals surface area contributed by atoms with Crippen LogP contribution in [0.5, 0.6) is 0 Å². The van der Waals surface area contributed by atoms with Gasteiger partial charge in [-0.25, -0.2) is 21.2 Å². The number of sulfonamides is 1. The lowest BCUT2D eigenvalue weighted by Crippen LogP contribution is -2.42. The van der Waals surface area contributed by atoms with Crippen molar-refractivity contribution < 1.29 is 21.2 Å². The van der Waals surface area contributed by atoms with E-state index >= 15 is 0 Å². The highest BCUT2D eigenvalue weighted by Gasteiger charge is 2.35. The molecule has 0 atom stereocenters. The van der Waals surface area contributed by atoms with E-state index in [1.54, 1.807) is 30.3 Å². The average molecular weight is 528 g/mol. The summed E-state index contributed by atoms with van der Waals surface area (Å²) in [6, 6.07) is 16.2. The van der Waals surface area contributed by atoms with Crippen molar-refractivity contribution in [2.24, 2.45) is 0 Å². The van der Waals surface area contributed by atoms with Crippen LogP contribution in [0, 0.1) is 5.82 Å². The van der Waals surface area contributed by atoms with Crippen LogP contribution < -0.4 is 0 Å². The van der Waals surface area contributed by atoms with Gasteiger partial charge in [-0.1, -0.05) is 35.3 Å². The maximum Gasteiger partial charge on any atom is 0.243 e. The molecule has 3 aromatic carbocycles. The van der Waals surface area contributed by atoms with E-state index < -0.39 is 30.9 Å². The van der Waals surface area contributed by atoms with Crippen molar-refractivity contribution in [2.75, 3.05) is 13.1 Å². The van der Waals surface area contributed by atoms with Gasteiger partial charge in [-0.3, -0.25) is 0 Å². The number of hydrogen-bond donors (Lipinski definition) is 0. The van der Waals surface area contributed by atoms with E-state index in [1.165, 1.54) is 28.6 Å². The first-order chi connectivity index (χ1) is 15.6. The molecule has 10 heteroatoms. The third kappa shape index (κ3) is 5.10. The van der Waals surface area contributed by atoms with Crippen LogP contribution in [0.15, 0.2) is 76.5 Å². The van der Waals surface area contributed by atoms with Gasteiger partial charge in [0.05, 0.1) is 15.0 Å². The summed E-state index contributed by atoms with van der Waals surface area (Å²) >= 11 is 12.1. The van der Waals surface area contributed by atoms with E-state index in [2.05, 4.69) is 0 Å². The molecule has 0 unspecified atom stereocenters. The Bertz CT molecular complexity index is 1350. The first-order valence-corrected chi connectivity index (χ1v) is 13.9. The van der Waals surface area contributed by atoms with Crippen LogP contribution in [-0.2, 0) is 19.9 Å². The number of benzene rings is 3. The lowest BCUT2D eigenvalue weighted by Gasteiger charge is -2.31. The minimum Gasteiger partial charge on any atom is -0.223 e.